The Labute approximate surface area is 227 Å². The molecule has 0 N–H and O–H groups in total. The smallest absolute Gasteiger partial charge is 0.411 e. The van der Waals surface area contributed by atoms with E-state index in [2.05, 4.69) is 16.5 Å². The van der Waals surface area contributed by atoms with E-state index in [1.807, 2.05) is 6.92 Å². The fraction of sp³-hybridized carbons (Fsp3) is 0.571. The number of hydrogen-bond acceptors (Lipinski definition) is 8. The lowest BCUT2D eigenvalue weighted by Crippen LogP contribution is -2.47. The van der Waals surface area contributed by atoms with Crippen molar-refractivity contribution in [1.29, 1.82) is 0 Å². The monoisotopic (exact) mass is 549 g/mol. The van der Waals surface area contributed by atoms with Gasteiger partial charge in [-0.3, -0.25) is 4.90 Å². The second kappa shape index (κ2) is 10.9. The zero-order valence-electron chi connectivity index (χ0n) is 23.7. The summed E-state index contributed by atoms with van der Waals surface area (Å²) in [5.41, 5.74) is -1.91. The number of amides is 1. The predicted octanol–water partition coefficient (Wildman–Crippen LogP) is 5.65. The van der Waals surface area contributed by atoms with Crippen LogP contribution < -0.4 is 9.47 Å². The van der Waals surface area contributed by atoms with Gasteiger partial charge in [-0.1, -0.05) is 13.5 Å². The Balaban J connectivity index is 2.09. The molecule has 0 radical (unpaired) electrons. The highest BCUT2D eigenvalue weighted by atomic mass is 19.3. The Bertz CT molecular complexity index is 1240. The summed E-state index contributed by atoms with van der Waals surface area (Å²) in [5, 5.41) is 0. The second-order valence-corrected chi connectivity index (χ2v) is 11.4. The van der Waals surface area contributed by atoms with E-state index in [4.69, 9.17) is 18.9 Å². The molecule has 2 aromatic rings. The number of hydrogen-bond donors (Lipinski definition) is 0. The molecule has 1 aromatic heterocycles. The topological polar surface area (TPSA) is 100 Å². The minimum Gasteiger partial charge on any atom is -0.497 e. The minimum atomic E-state index is -3.56. The van der Waals surface area contributed by atoms with Gasteiger partial charge in [0.1, 0.15) is 29.1 Å². The lowest BCUT2D eigenvalue weighted by Gasteiger charge is -2.31. The number of benzene rings is 1. The lowest BCUT2D eigenvalue weighted by molar-refractivity contribution is -0.161. The molecule has 11 heteroatoms. The van der Waals surface area contributed by atoms with Gasteiger partial charge in [-0.2, -0.15) is 8.78 Å². The Morgan fingerprint density at radius 2 is 1.72 bits per heavy atom. The predicted molar refractivity (Wildman–Crippen MR) is 141 cm³/mol. The first-order valence-electron chi connectivity index (χ1n) is 12.8. The summed E-state index contributed by atoms with van der Waals surface area (Å²) in [4.78, 5) is 36.2. The number of fused-ring (bicyclic) bond motifs is 1. The van der Waals surface area contributed by atoms with Gasteiger partial charge in [0.05, 0.1) is 24.7 Å². The largest absolute Gasteiger partial charge is 0.497 e. The molecule has 1 fully saturated rings. The highest BCUT2D eigenvalue weighted by molar-refractivity contribution is 5.83. The fourth-order valence-electron chi connectivity index (χ4n) is 4.35. The van der Waals surface area contributed by atoms with Crippen LogP contribution in [0.25, 0.3) is 11.0 Å². The van der Waals surface area contributed by atoms with Gasteiger partial charge in [-0.25, -0.2) is 19.6 Å². The van der Waals surface area contributed by atoms with E-state index in [1.165, 1.54) is 18.1 Å². The van der Waals surface area contributed by atoms with Crippen molar-refractivity contribution in [3.8, 4) is 11.6 Å². The molecule has 214 valence electrons. The van der Waals surface area contributed by atoms with Gasteiger partial charge in [-0.05, 0) is 66.2 Å². The summed E-state index contributed by atoms with van der Waals surface area (Å²) in [6, 6.07) is 3.58. The summed E-state index contributed by atoms with van der Waals surface area (Å²) in [7, 11) is 1.47. The van der Waals surface area contributed by atoms with Crippen molar-refractivity contribution in [3.05, 3.63) is 36.5 Å². The van der Waals surface area contributed by atoms with Crippen LogP contribution in [0.3, 0.4) is 0 Å². The number of halogens is 2. The van der Waals surface area contributed by atoms with Crippen molar-refractivity contribution in [1.82, 2.24) is 14.9 Å². The van der Waals surface area contributed by atoms with E-state index in [9.17, 15) is 18.4 Å². The molecular weight excluding hydrogens is 512 g/mol. The number of methoxy groups -OCH3 is 1. The highest BCUT2D eigenvalue weighted by Gasteiger charge is 2.51. The van der Waals surface area contributed by atoms with E-state index in [0.717, 1.165) is 0 Å². The maximum absolute atomic E-state index is 15.0. The van der Waals surface area contributed by atoms with Crippen molar-refractivity contribution >= 4 is 23.1 Å². The van der Waals surface area contributed by atoms with Gasteiger partial charge in [0.15, 0.2) is 5.69 Å². The van der Waals surface area contributed by atoms with Gasteiger partial charge in [0, 0.05) is 12.0 Å². The van der Waals surface area contributed by atoms with Crippen molar-refractivity contribution in [2.24, 2.45) is 5.92 Å². The molecule has 1 saturated heterocycles. The van der Waals surface area contributed by atoms with Crippen LogP contribution in [-0.4, -0.2) is 63.9 Å². The van der Waals surface area contributed by atoms with E-state index in [1.54, 1.807) is 53.7 Å². The van der Waals surface area contributed by atoms with E-state index >= 15 is 0 Å². The number of alkyl halides is 2. The molecule has 0 saturated carbocycles. The van der Waals surface area contributed by atoms with Crippen LogP contribution in [0, 0.1) is 5.92 Å². The van der Waals surface area contributed by atoms with Crippen molar-refractivity contribution in [2.45, 2.75) is 84.2 Å². The Hall–Kier alpha value is -3.50. The highest BCUT2D eigenvalue weighted by Crippen LogP contribution is 2.39. The van der Waals surface area contributed by atoms with Crippen LogP contribution in [-0.2, 0) is 20.2 Å². The summed E-state index contributed by atoms with van der Waals surface area (Å²) in [6.45, 7) is 15.2. The number of ether oxygens (including phenoxy) is 4. The molecule has 1 aliphatic heterocycles. The SMILES string of the molecule is C=CC(F)(F)c1nc2ccc(OC)cc2nc1O[C@H]1CN(C(=O)OC(C)(C)C)[C@H](C(=O)OC(C)(C)C)[C@@H]1CC. The number of aromatic nitrogens is 2. The summed E-state index contributed by atoms with van der Waals surface area (Å²) in [6.07, 6.45) is -0.803. The molecule has 1 amide bonds. The molecule has 0 aliphatic carbocycles. The van der Waals surface area contributed by atoms with Crippen molar-refractivity contribution in [2.75, 3.05) is 13.7 Å². The number of nitrogens with zero attached hydrogens (tertiary/aromatic N) is 3. The first-order chi connectivity index (χ1) is 18.0. The third-order valence-electron chi connectivity index (χ3n) is 6.02. The third kappa shape index (κ3) is 6.93. The third-order valence-corrected chi connectivity index (χ3v) is 6.02. The molecule has 9 nitrogen and oxygen atoms in total. The number of carbonyl (C=O) groups is 2. The van der Waals surface area contributed by atoms with Gasteiger partial charge in [0.2, 0.25) is 5.88 Å². The van der Waals surface area contributed by atoms with Crippen LogP contribution >= 0.6 is 0 Å². The van der Waals surface area contributed by atoms with Crippen LogP contribution in [0.1, 0.15) is 60.6 Å². The average Bonchev–Trinajstić information content (AvgIpc) is 3.19. The zero-order chi connectivity index (χ0) is 29.3. The summed E-state index contributed by atoms with van der Waals surface area (Å²) in [5.74, 6) is -4.79. The first kappa shape index (κ1) is 30.0. The molecule has 39 heavy (non-hydrogen) atoms. The van der Waals surface area contributed by atoms with Crippen LogP contribution in [0.5, 0.6) is 11.6 Å². The maximum atomic E-state index is 15.0. The molecule has 2 heterocycles. The molecular formula is C28H37F2N3O6. The molecule has 0 spiro atoms. The van der Waals surface area contributed by atoms with Gasteiger partial charge in [0.25, 0.3) is 0 Å². The van der Waals surface area contributed by atoms with Gasteiger partial charge >= 0.3 is 18.0 Å². The van der Waals surface area contributed by atoms with Gasteiger partial charge < -0.3 is 18.9 Å². The Morgan fingerprint density at radius 3 is 2.26 bits per heavy atom. The van der Waals surface area contributed by atoms with Crippen LogP contribution in [0.2, 0.25) is 0 Å². The Kier molecular flexibility index (Phi) is 8.43. The molecule has 0 bridgehead atoms. The normalized spacial score (nSPS) is 20.1. The maximum Gasteiger partial charge on any atom is 0.411 e. The van der Waals surface area contributed by atoms with Crippen LogP contribution in [0.4, 0.5) is 13.6 Å². The van der Waals surface area contributed by atoms with Crippen molar-refractivity contribution < 1.29 is 37.3 Å². The van der Waals surface area contributed by atoms with Crippen LogP contribution in [0.15, 0.2) is 30.9 Å². The number of carbonyl (C=O) groups excluding carboxylic acids is 2. The standard InChI is InChI=1S/C28H37F2N3O6/c1-10-17-20(15-33(25(35)39-27(6,7)8)21(17)24(34)38-26(3,4)5)37-23-22(28(29,30)11-2)31-18-13-12-16(36-9)14-19(18)32-23/h11-14,17,20-21H,2,10,15H2,1,3-9H3/t17-,20+,21+/m1/s1. The number of allylic oxidation sites excluding steroid dienone is 1. The molecule has 3 atom stereocenters. The van der Waals surface area contributed by atoms with E-state index < -0.39 is 58.8 Å². The Morgan fingerprint density at radius 1 is 1.08 bits per heavy atom. The average molecular weight is 550 g/mol. The summed E-state index contributed by atoms with van der Waals surface area (Å²) < 4.78 is 52.4. The van der Waals surface area contributed by atoms with Crippen molar-refractivity contribution in [3.63, 3.8) is 0 Å². The fourth-order valence-corrected chi connectivity index (χ4v) is 4.35. The number of esters is 1. The van der Waals surface area contributed by atoms with E-state index in [-0.39, 0.29) is 17.6 Å². The van der Waals surface area contributed by atoms with Gasteiger partial charge in [-0.15, -0.1) is 0 Å². The first-order valence-corrected chi connectivity index (χ1v) is 12.8. The molecule has 1 aliphatic rings. The molecule has 0 unspecified atom stereocenters. The van der Waals surface area contributed by atoms with E-state index in [0.29, 0.717) is 18.2 Å². The second-order valence-electron chi connectivity index (χ2n) is 11.4. The molecule has 3 rings (SSSR count). The zero-order valence-corrected chi connectivity index (χ0v) is 23.7. The quantitative estimate of drug-likeness (QED) is 0.323. The summed E-state index contributed by atoms with van der Waals surface area (Å²) >= 11 is 0. The lowest BCUT2D eigenvalue weighted by atomic mass is 9.95. The molecule has 1 aromatic carbocycles. The number of rotatable bonds is 7. The minimum absolute atomic E-state index is 0.117. The number of likely N-dealkylation sites (tertiary alicyclic amines) is 1.